The molecule has 3 nitrogen and oxygen atoms in total. The fourth-order valence-electron chi connectivity index (χ4n) is 1.32. The number of carbonyl (C=O) groups excluding carboxylic acids is 1. The van der Waals surface area contributed by atoms with E-state index >= 15 is 0 Å². The Bertz CT molecular complexity index is 164. The summed E-state index contributed by atoms with van der Waals surface area (Å²) in [6.07, 6.45) is 1.39. The molecule has 0 aromatic rings. The van der Waals surface area contributed by atoms with Gasteiger partial charge in [0, 0.05) is 17.4 Å². The van der Waals surface area contributed by atoms with Gasteiger partial charge in [0.05, 0.1) is 20.1 Å². The van der Waals surface area contributed by atoms with E-state index in [0.29, 0.717) is 13.0 Å². The molecule has 1 heterocycles. The Balaban J connectivity index is 2.49. The van der Waals surface area contributed by atoms with Crippen molar-refractivity contribution >= 4 is 21.9 Å². The molecule has 1 saturated heterocycles. The van der Waals surface area contributed by atoms with Gasteiger partial charge in [0.1, 0.15) is 0 Å². The summed E-state index contributed by atoms with van der Waals surface area (Å²) in [4.78, 5) is 11.0. The number of halogens is 1. The Hall–Kier alpha value is -0.0900. The third-order valence-electron chi connectivity index (χ3n) is 2.22. The lowest BCUT2D eigenvalue weighted by Crippen LogP contribution is -2.27. The van der Waals surface area contributed by atoms with Gasteiger partial charge in [-0.1, -0.05) is 15.9 Å². The van der Waals surface area contributed by atoms with E-state index in [9.17, 15) is 4.79 Å². The summed E-state index contributed by atoms with van der Waals surface area (Å²) < 4.78 is 9.88. The Labute approximate surface area is 80.5 Å². The highest BCUT2D eigenvalue weighted by Crippen LogP contribution is 2.34. The van der Waals surface area contributed by atoms with E-state index in [1.807, 2.05) is 0 Å². The fraction of sp³-hybridized carbons (Fsp3) is 0.875. The molecule has 0 radical (unpaired) electrons. The molecule has 12 heavy (non-hydrogen) atoms. The van der Waals surface area contributed by atoms with Gasteiger partial charge in [-0.25, -0.2) is 0 Å². The normalized spacial score (nSPS) is 28.8. The molecular weight excluding hydrogens is 224 g/mol. The van der Waals surface area contributed by atoms with Gasteiger partial charge in [-0.3, -0.25) is 4.79 Å². The van der Waals surface area contributed by atoms with E-state index in [2.05, 4.69) is 20.7 Å². The molecule has 0 spiro atoms. The van der Waals surface area contributed by atoms with Crippen LogP contribution in [0.15, 0.2) is 0 Å². The molecule has 0 aliphatic carbocycles. The van der Waals surface area contributed by atoms with Crippen LogP contribution in [-0.4, -0.2) is 31.6 Å². The van der Waals surface area contributed by atoms with Crippen LogP contribution in [0.2, 0.25) is 0 Å². The average Bonchev–Trinajstić information content (AvgIpc) is 2.54. The standard InChI is InChI=1S/C8H13BrO3/c1-11-7(10)4-8(5-9)2-3-12-6-8/h2-6H2,1H3. The first-order valence-corrected chi connectivity index (χ1v) is 5.05. The van der Waals surface area contributed by atoms with Crippen molar-refractivity contribution in [1.82, 2.24) is 0 Å². The summed E-state index contributed by atoms with van der Waals surface area (Å²) in [5, 5.41) is 0.801. The van der Waals surface area contributed by atoms with Gasteiger partial charge >= 0.3 is 5.97 Å². The highest BCUT2D eigenvalue weighted by Gasteiger charge is 2.36. The summed E-state index contributed by atoms with van der Waals surface area (Å²) in [6.45, 7) is 1.41. The maximum atomic E-state index is 11.0. The number of ether oxygens (including phenoxy) is 2. The Morgan fingerprint density at radius 3 is 2.92 bits per heavy atom. The van der Waals surface area contributed by atoms with Gasteiger partial charge in [-0.15, -0.1) is 0 Å². The third-order valence-corrected chi connectivity index (χ3v) is 3.40. The number of alkyl halides is 1. The molecule has 1 rings (SSSR count). The van der Waals surface area contributed by atoms with Gasteiger partial charge in [-0.05, 0) is 6.42 Å². The minimum Gasteiger partial charge on any atom is -0.469 e. The van der Waals surface area contributed by atoms with Crippen LogP contribution in [0.4, 0.5) is 0 Å². The maximum Gasteiger partial charge on any atom is 0.306 e. The minimum atomic E-state index is -0.153. The van der Waals surface area contributed by atoms with Crippen molar-refractivity contribution in [2.45, 2.75) is 12.8 Å². The van der Waals surface area contributed by atoms with Crippen LogP contribution in [0, 0.1) is 5.41 Å². The highest BCUT2D eigenvalue weighted by molar-refractivity contribution is 9.09. The van der Waals surface area contributed by atoms with Gasteiger partial charge in [0.2, 0.25) is 0 Å². The quantitative estimate of drug-likeness (QED) is 0.549. The van der Waals surface area contributed by atoms with Crippen LogP contribution >= 0.6 is 15.9 Å². The first-order valence-electron chi connectivity index (χ1n) is 3.93. The summed E-state index contributed by atoms with van der Waals surface area (Å²) >= 11 is 3.40. The Morgan fingerprint density at radius 1 is 1.75 bits per heavy atom. The van der Waals surface area contributed by atoms with Crippen LogP contribution < -0.4 is 0 Å². The van der Waals surface area contributed by atoms with E-state index in [-0.39, 0.29) is 11.4 Å². The Morgan fingerprint density at radius 2 is 2.50 bits per heavy atom. The van der Waals surface area contributed by atoms with Crippen molar-refractivity contribution in [3.8, 4) is 0 Å². The molecule has 0 aromatic carbocycles. The van der Waals surface area contributed by atoms with Gasteiger partial charge in [0.15, 0.2) is 0 Å². The molecule has 1 aliphatic rings. The van der Waals surface area contributed by atoms with Crippen molar-refractivity contribution in [2.24, 2.45) is 5.41 Å². The van der Waals surface area contributed by atoms with E-state index in [1.54, 1.807) is 0 Å². The van der Waals surface area contributed by atoms with E-state index in [0.717, 1.165) is 18.4 Å². The smallest absolute Gasteiger partial charge is 0.306 e. The van der Waals surface area contributed by atoms with Gasteiger partial charge in [-0.2, -0.15) is 0 Å². The molecule has 4 heteroatoms. The zero-order valence-corrected chi connectivity index (χ0v) is 8.72. The first kappa shape index (κ1) is 9.99. The second-order valence-corrected chi connectivity index (χ2v) is 3.75. The number of esters is 1. The van der Waals surface area contributed by atoms with Crippen molar-refractivity contribution < 1.29 is 14.3 Å². The molecule has 0 aromatic heterocycles. The number of hydrogen-bond donors (Lipinski definition) is 0. The zero-order valence-electron chi connectivity index (χ0n) is 7.14. The van der Waals surface area contributed by atoms with E-state index < -0.39 is 0 Å². The van der Waals surface area contributed by atoms with Gasteiger partial charge < -0.3 is 9.47 Å². The molecular formula is C8H13BrO3. The molecule has 70 valence electrons. The first-order chi connectivity index (χ1) is 5.72. The van der Waals surface area contributed by atoms with E-state index in [4.69, 9.17) is 4.74 Å². The van der Waals surface area contributed by atoms with E-state index in [1.165, 1.54) is 7.11 Å². The lowest BCUT2D eigenvalue weighted by molar-refractivity contribution is -0.143. The molecule has 1 atom stereocenters. The molecule has 1 fully saturated rings. The average molecular weight is 237 g/mol. The molecule has 0 amide bonds. The second-order valence-electron chi connectivity index (χ2n) is 3.19. The van der Waals surface area contributed by atoms with Crippen LogP contribution in [0.3, 0.4) is 0 Å². The molecule has 1 unspecified atom stereocenters. The zero-order chi connectivity index (χ0) is 9.03. The van der Waals surface area contributed by atoms with Gasteiger partial charge in [0.25, 0.3) is 0 Å². The molecule has 0 saturated carbocycles. The largest absolute Gasteiger partial charge is 0.469 e. The van der Waals surface area contributed by atoms with Crippen LogP contribution in [-0.2, 0) is 14.3 Å². The number of carbonyl (C=O) groups is 1. The lowest BCUT2D eigenvalue weighted by atomic mass is 9.86. The predicted molar refractivity (Wildman–Crippen MR) is 48.3 cm³/mol. The summed E-state index contributed by atoms with van der Waals surface area (Å²) in [5.74, 6) is -0.153. The van der Waals surface area contributed by atoms with Crippen molar-refractivity contribution in [1.29, 1.82) is 0 Å². The van der Waals surface area contributed by atoms with Crippen LogP contribution in [0.25, 0.3) is 0 Å². The number of hydrogen-bond acceptors (Lipinski definition) is 3. The highest BCUT2D eigenvalue weighted by atomic mass is 79.9. The molecule has 0 bridgehead atoms. The monoisotopic (exact) mass is 236 g/mol. The number of methoxy groups -OCH3 is 1. The molecule has 1 aliphatic heterocycles. The SMILES string of the molecule is COC(=O)CC1(CBr)CCOC1. The van der Waals surface area contributed by atoms with Crippen LogP contribution in [0.1, 0.15) is 12.8 Å². The lowest BCUT2D eigenvalue weighted by Gasteiger charge is -2.22. The summed E-state index contributed by atoms with van der Waals surface area (Å²) in [7, 11) is 1.42. The molecule has 0 N–H and O–H groups in total. The third kappa shape index (κ3) is 2.20. The predicted octanol–water partition coefficient (Wildman–Crippen LogP) is 1.35. The summed E-state index contributed by atoms with van der Waals surface area (Å²) in [6, 6.07) is 0. The van der Waals surface area contributed by atoms with Crippen molar-refractivity contribution in [2.75, 3.05) is 25.7 Å². The van der Waals surface area contributed by atoms with Crippen molar-refractivity contribution in [3.05, 3.63) is 0 Å². The second kappa shape index (κ2) is 4.23. The topological polar surface area (TPSA) is 35.5 Å². The summed E-state index contributed by atoms with van der Waals surface area (Å²) in [5.41, 5.74) is -0.0207. The van der Waals surface area contributed by atoms with Crippen molar-refractivity contribution in [3.63, 3.8) is 0 Å². The minimum absolute atomic E-state index is 0.0207. The Kier molecular flexibility index (Phi) is 3.53. The fourth-order valence-corrected chi connectivity index (χ4v) is 1.96. The number of rotatable bonds is 3. The van der Waals surface area contributed by atoms with Crippen LogP contribution in [0.5, 0.6) is 0 Å². The maximum absolute atomic E-state index is 11.0.